The van der Waals surface area contributed by atoms with Crippen LogP contribution >= 0.6 is 0 Å². The Morgan fingerprint density at radius 1 is 1.24 bits per heavy atom. The van der Waals surface area contributed by atoms with Gasteiger partial charge in [-0.1, -0.05) is 30.3 Å². The van der Waals surface area contributed by atoms with Crippen LogP contribution in [-0.2, 0) is 20.8 Å². The van der Waals surface area contributed by atoms with Crippen LogP contribution in [0.4, 0.5) is 0 Å². The van der Waals surface area contributed by atoms with Gasteiger partial charge in [0.25, 0.3) is 10.1 Å². The molecule has 0 bridgehead atoms. The summed E-state index contributed by atoms with van der Waals surface area (Å²) in [7, 11) is -1.29. The average Bonchev–Trinajstić information content (AvgIpc) is 2.25. The molecule has 96 valence electrons. The molecule has 0 saturated carbocycles. The monoisotopic (exact) mass is 257 g/mol. The summed E-state index contributed by atoms with van der Waals surface area (Å²) in [6, 6.07) is 10.2. The topological polar surface area (TPSA) is 46.6 Å². The minimum atomic E-state index is -3.30. The Morgan fingerprint density at radius 2 is 1.88 bits per heavy atom. The van der Waals surface area contributed by atoms with Crippen LogP contribution in [0.5, 0.6) is 0 Å². The van der Waals surface area contributed by atoms with Crippen LogP contribution in [0.1, 0.15) is 12.0 Å². The van der Waals surface area contributed by atoms with Gasteiger partial charge in [-0.05, 0) is 19.0 Å². The quantitative estimate of drug-likeness (QED) is 0.548. The van der Waals surface area contributed by atoms with Crippen molar-refractivity contribution in [3.05, 3.63) is 35.9 Å². The van der Waals surface area contributed by atoms with Gasteiger partial charge in [-0.25, -0.2) is 0 Å². The van der Waals surface area contributed by atoms with Crippen LogP contribution in [-0.4, -0.2) is 39.8 Å². The molecule has 0 amide bonds. The molecular weight excluding hydrogens is 238 g/mol. The van der Waals surface area contributed by atoms with Gasteiger partial charge in [-0.3, -0.25) is 4.18 Å². The molecule has 0 fully saturated rings. The minimum absolute atomic E-state index is 0.248. The highest BCUT2D eigenvalue weighted by Gasteiger charge is 2.03. The zero-order chi connectivity index (χ0) is 12.7. The number of nitrogens with zero attached hydrogens (tertiary/aromatic N) is 1. The van der Waals surface area contributed by atoms with Crippen molar-refractivity contribution >= 4 is 10.1 Å². The van der Waals surface area contributed by atoms with Crippen LogP contribution in [0.15, 0.2) is 30.3 Å². The van der Waals surface area contributed by atoms with Crippen molar-refractivity contribution in [3.63, 3.8) is 0 Å². The maximum Gasteiger partial charge on any atom is 0.264 e. The van der Waals surface area contributed by atoms with Crippen LogP contribution in [0.3, 0.4) is 0 Å². The number of hydrogen-bond acceptors (Lipinski definition) is 4. The van der Waals surface area contributed by atoms with E-state index in [9.17, 15) is 8.42 Å². The Balaban J connectivity index is 2.20. The lowest BCUT2D eigenvalue weighted by Crippen LogP contribution is -2.20. The van der Waals surface area contributed by atoms with Crippen molar-refractivity contribution in [2.45, 2.75) is 13.0 Å². The molecule has 5 heteroatoms. The number of hydrogen-bond donors (Lipinski definition) is 0. The predicted molar refractivity (Wildman–Crippen MR) is 68.2 cm³/mol. The molecule has 0 aliphatic rings. The third-order valence-corrected chi connectivity index (χ3v) is 2.87. The maximum absolute atomic E-state index is 10.7. The molecule has 0 spiro atoms. The first-order valence-electron chi connectivity index (χ1n) is 5.54. The predicted octanol–water partition coefficient (Wildman–Crippen LogP) is 1.48. The first-order valence-corrected chi connectivity index (χ1v) is 7.36. The molecule has 1 rings (SSSR count). The van der Waals surface area contributed by atoms with E-state index in [1.807, 2.05) is 25.2 Å². The van der Waals surface area contributed by atoms with Crippen molar-refractivity contribution < 1.29 is 12.6 Å². The molecule has 1 aromatic rings. The molecule has 0 saturated heterocycles. The van der Waals surface area contributed by atoms with E-state index < -0.39 is 10.1 Å². The molecule has 0 aromatic heterocycles. The molecule has 0 atom stereocenters. The maximum atomic E-state index is 10.7. The standard InChI is InChI=1S/C12H19NO3S/c1-13(9-6-10-16-17(2,14)15)11-12-7-4-3-5-8-12/h3-5,7-8H,6,9-11H2,1-2H3. The fourth-order valence-electron chi connectivity index (χ4n) is 1.52. The molecule has 17 heavy (non-hydrogen) atoms. The first kappa shape index (κ1) is 14.2. The summed E-state index contributed by atoms with van der Waals surface area (Å²) >= 11 is 0. The van der Waals surface area contributed by atoms with Crippen molar-refractivity contribution in [2.24, 2.45) is 0 Å². The Morgan fingerprint density at radius 3 is 2.47 bits per heavy atom. The highest BCUT2D eigenvalue weighted by Crippen LogP contribution is 2.03. The van der Waals surface area contributed by atoms with Gasteiger partial charge in [0.15, 0.2) is 0 Å². The summed E-state index contributed by atoms with van der Waals surface area (Å²) in [4.78, 5) is 2.14. The lowest BCUT2D eigenvalue weighted by atomic mass is 10.2. The van der Waals surface area contributed by atoms with Crippen LogP contribution in [0, 0.1) is 0 Å². The van der Waals surface area contributed by atoms with Crippen LogP contribution in [0.2, 0.25) is 0 Å². The van der Waals surface area contributed by atoms with E-state index in [1.165, 1.54) is 5.56 Å². The molecule has 0 radical (unpaired) electrons. The van der Waals surface area contributed by atoms with Gasteiger partial charge in [-0.2, -0.15) is 8.42 Å². The van der Waals surface area contributed by atoms with Crippen molar-refractivity contribution in [2.75, 3.05) is 26.5 Å². The van der Waals surface area contributed by atoms with Gasteiger partial charge < -0.3 is 4.90 Å². The van der Waals surface area contributed by atoms with E-state index >= 15 is 0 Å². The van der Waals surface area contributed by atoms with Crippen LogP contribution in [0.25, 0.3) is 0 Å². The molecule has 0 N–H and O–H groups in total. The fourth-order valence-corrected chi connectivity index (χ4v) is 1.94. The molecule has 0 heterocycles. The van der Waals surface area contributed by atoms with Gasteiger partial charge in [0.05, 0.1) is 12.9 Å². The fraction of sp³-hybridized carbons (Fsp3) is 0.500. The number of benzene rings is 1. The molecular formula is C12H19NO3S. The summed E-state index contributed by atoms with van der Waals surface area (Å²) in [6.45, 7) is 1.92. The van der Waals surface area contributed by atoms with E-state index in [2.05, 4.69) is 21.2 Å². The molecule has 0 aliphatic heterocycles. The smallest absolute Gasteiger partial charge is 0.264 e. The molecule has 0 unspecified atom stereocenters. The number of rotatable bonds is 7. The highest BCUT2D eigenvalue weighted by atomic mass is 32.2. The van der Waals surface area contributed by atoms with Crippen molar-refractivity contribution in [1.29, 1.82) is 0 Å². The van der Waals surface area contributed by atoms with E-state index in [0.717, 1.165) is 19.3 Å². The van der Waals surface area contributed by atoms with E-state index in [4.69, 9.17) is 0 Å². The highest BCUT2D eigenvalue weighted by molar-refractivity contribution is 7.85. The van der Waals surface area contributed by atoms with E-state index in [0.29, 0.717) is 6.42 Å². The third kappa shape index (κ3) is 7.10. The Kier molecular flexibility index (Phi) is 5.61. The van der Waals surface area contributed by atoms with Gasteiger partial charge in [0, 0.05) is 13.1 Å². The zero-order valence-electron chi connectivity index (χ0n) is 10.3. The van der Waals surface area contributed by atoms with Gasteiger partial charge in [-0.15, -0.1) is 0 Å². The SMILES string of the molecule is CN(CCCOS(C)(=O)=O)Cc1ccccc1. The largest absolute Gasteiger partial charge is 0.302 e. The van der Waals surface area contributed by atoms with Gasteiger partial charge in [0.2, 0.25) is 0 Å². The summed E-state index contributed by atoms with van der Waals surface area (Å²) < 4.78 is 26.1. The van der Waals surface area contributed by atoms with Gasteiger partial charge in [0.1, 0.15) is 0 Å². The molecule has 1 aromatic carbocycles. The minimum Gasteiger partial charge on any atom is -0.302 e. The van der Waals surface area contributed by atoms with Crippen molar-refractivity contribution in [1.82, 2.24) is 4.90 Å². The second kappa shape index (κ2) is 6.74. The second-order valence-corrected chi connectivity index (χ2v) is 5.75. The zero-order valence-corrected chi connectivity index (χ0v) is 11.1. The Hall–Kier alpha value is -0.910. The lowest BCUT2D eigenvalue weighted by Gasteiger charge is -2.16. The summed E-state index contributed by atoms with van der Waals surface area (Å²) in [5, 5.41) is 0. The second-order valence-electron chi connectivity index (χ2n) is 4.10. The third-order valence-electron chi connectivity index (χ3n) is 2.28. The average molecular weight is 257 g/mol. The van der Waals surface area contributed by atoms with Crippen molar-refractivity contribution in [3.8, 4) is 0 Å². The summed E-state index contributed by atoms with van der Waals surface area (Å²) in [5.74, 6) is 0. The van der Waals surface area contributed by atoms with Gasteiger partial charge >= 0.3 is 0 Å². The molecule has 4 nitrogen and oxygen atoms in total. The van der Waals surface area contributed by atoms with Crippen LogP contribution < -0.4 is 0 Å². The summed E-state index contributed by atoms with van der Waals surface area (Å²) in [6.07, 6.45) is 1.77. The Labute approximate surface area is 103 Å². The van der Waals surface area contributed by atoms with E-state index in [-0.39, 0.29) is 6.61 Å². The molecule has 0 aliphatic carbocycles. The summed E-state index contributed by atoms with van der Waals surface area (Å²) in [5.41, 5.74) is 1.25. The Bertz CT molecular complexity index is 417. The normalized spacial score (nSPS) is 11.9. The lowest BCUT2D eigenvalue weighted by molar-refractivity contribution is 0.263. The van der Waals surface area contributed by atoms with E-state index in [1.54, 1.807) is 0 Å². The first-order chi connectivity index (χ1) is 7.97.